The van der Waals surface area contributed by atoms with Gasteiger partial charge in [-0.05, 0) is 42.8 Å². The first-order valence-electron chi connectivity index (χ1n) is 9.04. The van der Waals surface area contributed by atoms with Crippen LogP contribution in [-0.4, -0.2) is 36.0 Å². The van der Waals surface area contributed by atoms with Crippen molar-refractivity contribution in [3.05, 3.63) is 69.0 Å². The zero-order chi connectivity index (χ0) is 22.6. The summed E-state index contributed by atoms with van der Waals surface area (Å²) in [6.45, 7) is 1.88. The van der Waals surface area contributed by atoms with Crippen LogP contribution in [0.2, 0.25) is 0 Å². The highest BCUT2D eigenvalue weighted by molar-refractivity contribution is 9.10. The lowest BCUT2D eigenvalue weighted by Crippen LogP contribution is -2.43. The number of amides is 2. The lowest BCUT2D eigenvalue weighted by atomic mass is 10.2. The van der Waals surface area contributed by atoms with Crippen LogP contribution in [0.5, 0.6) is 0 Å². The van der Waals surface area contributed by atoms with Gasteiger partial charge in [-0.25, -0.2) is 8.42 Å². The fourth-order valence-corrected chi connectivity index (χ4v) is 5.20. The molecular formula is C20H18BrN3O4S3. The van der Waals surface area contributed by atoms with Gasteiger partial charge in [0.05, 0.1) is 9.80 Å². The Morgan fingerprint density at radius 1 is 1.23 bits per heavy atom. The first kappa shape index (κ1) is 23.6. The molecular weight excluding hydrogens is 522 g/mol. The Kier molecular flexibility index (Phi) is 7.65. The first-order valence-corrected chi connectivity index (χ1v) is 12.5. The molecule has 1 aliphatic heterocycles. The van der Waals surface area contributed by atoms with Crippen molar-refractivity contribution in [1.82, 2.24) is 15.2 Å². The van der Waals surface area contributed by atoms with E-state index in [4.69, 9.17) is 12.2 Å². The SMILES string of the molecule is Cc1ccc(S(=O)(=O)NNC(=O)CCN2C(=O)C(=Cc3cccc(Br)c3)SC2=S)cc1. The lowest BCUT2D eigenvalue weighted by molar-refractivity contribution is -0.124. The second-order valence-corrected chi connectivity index (χ2v) is 10.9. The standard InChI is InChI=1S/C20H18BrN3O4S3/c1-13-5-7-16(8-6-13)31(27,28)23-22-18(25)9-10-24-19(26)17(30-20(24)29)12-14-3-2-4-15(21)11-14/h2-8,11-12,23H,9-10H2,1H3,(H,22,25). The quantitative estimate of drug-likeness (QED) is 0.318. The van der Waals surface area contributed by atoms with Crippen LogP contribution in [0.1, 0.15) is 17.5 Å². The Morgan fingerprint density at radius 2 is 1.94 bits per heavy atom. The van der Waals surface area contributed by atoms with Gasteiger partial charge in [-0.1, -0.05) is 69.7 Å². The van der Waals surface area contributed by atoms with Crippen LogP contribution >= 0.6 is 39.9 Å². The lowest BCUT2D eigenvalue weighted by Gasteiger charge is -2.14. The maximum atomic E-state index is 12.6. The number of thiocarbonyl (C=S) groups is 1. The number of nitrogens with one attached hydrogen (secondary N) is 2. The summed E-state index contributed by atoms with van der Waals surface area (Å²) < 4.78 is 25.7. The summed E-state index contributed by atoms with van der Waals surface area (Å²) in [5.74, 6) is -0.872. The average Bonchev–Trinajstić information content (AvgIpc) is 2.98. The molecule has 0 aliphatic carbocycles. The number of carbonyl (C=O) groups excluding carboxylic acids is 2. The number of halogens is 1. The molecule has 11 heteroatoms. The number of hydrogen-bond acceptors (Lipinski definition) is 6. The number of aryl methyl sites for hydroxylation is 1. The predicted molar refractivity (Wildman–Crippen MR) is 128 cm³/mol. The summed E-state index contributed by atoms with van der Waals surface area (Å²) in [6, 6.07) is 13.7. The number of rotatable bonds is 7. The van der Waals surface area contributed by atoms with E-state index in [0.29, 0.717) is 9.23 Å². The molecule has 162 valence electrons. The van der Waals surface area contributed by atoms with Crippen LogP contribution in [0.15, 0.2) is 62.8 Å². The molecule has 1 heterocycles. The van der Waals surface area contributed by atoms with Crippen molar-refractivity contribution < 1.29 is 18.0 Å². The normalized spacial score (nSPS) is 15.5. The van der Waals surface area contributed by atoms with Gasteiger partial charge in [0.15, 0.2) is 0 Å². The van der Waals surface area contributed by atoms with E-state index in [1.165, 1.54) is 17.0 Å². The minimum atomic E-state index is -3.88. The van der Waals surface area contributed by atoms with Crippen LogP contribution < -0.4 is 10.3 Å². The van der Waals surface area contributed by atoms with Gasteiger partial charge in [-0.15, -0.1) is 4.83 Å². The van der Waals surface area contributed by atoms with Gasteiger partial charge in [0.2, 0.25) is 5.91 Å². The van der Waals surface area contributed by atoms with E-state index >= 15 is 0 Å². The number of sulfonamides is 1. The van der Waals surface area contributed by atoms with Crippen LogP contribution in [0.4, 0.5) is 0 Å². The van der Waals surface area contributed by atoms with Crippen molar-refractivity contribution in [3.8, 4) is 0 Å². The molecule has 2 aromatic carbocycles. The van der Waals surface area contributed by atoms with E-state index in [1.54, 1.807) is 18.2 Å². The summed E-state index contributed by atoms with van der Waals surface area (Å²) in [4.78, 5) is 28.6. The summed E-state index contributed by atoms with van der Waals surface area (Å²) in [5.41, 5.74) is 3.92. The van der Waals surface area contributed by atoms with Gasteiger partial charge >= 0.3 is 0 Å². The van der Waals surface area contributed by atoms with Crippen molar-refractivity contribution in [3.63, 3.8) is 0 Å². The molecule has 0 unspecified atom stereocenters. The highest BCUT2D eigenvalue weighted by atomic mass is 79.9. The second-order valence-electron chi connectivity index (χ2n) is 6.61. The van der Waals surface area contributed by atoms with E-state index in [0.717, 1.165) is 27.4 Å². The maximum Gasteiger partial charge on any atom is 0.266 e. The molecule has 0 bridgehead atoms. The molecule has 0 spiro atoms. The Hall–Kier alpha value is -2.05. The van der Waals surface area contributed by atoms with E-state index in [1.807, 2.05) is 31.2 Å². The Labute approximate surface area is 198 Å². The van der Waals surface area contributed by atoms with Crippen LogP contribution in [0.3, 0.4) is 0 Å². The van der Waals surface area contributed by atoms with Crippen LogP contribution in [0.25, 0.3) is 6.08 Å². The summed E-state index contributed by atoms with van der Waals surface area (Å²) >= 11 is 9.81. The molecule has 0 aromatic heterocycles. The molecule has 1 aliphatic rings. The fourth-order valence-electron chi connectivity index (χ4n) is 2.62. The van der Waals surface area contributed by atoms with Crippen LogP contribution in [-0.2, 0) is 19.6 Å². The molecule has 2 amide bonds. The number of hydrazine groups is 1. The van der Waals surface area contributed by atoms with E-state index in [-0.39, 0.29) is 23.8 Å². The van der Waals surface area contributed by atoms with Crippen molar-refractivity contribution >= 4 is 72.1 Å². The largest absolute Gasteiger partial charge is 0.292 e. The summed E-state index contributed by atoms with van der Waals surface area (Å²) in [5, 5.41) is 0. The van der Waals surface area contributed by atoms with Crippen molar-refractivity contribution in [2.75, 3.05) is 6.54 Å². The highest BCUT2D eigenvalue weighted by Gasteiger charge is 2.32. The molecule has 0 saturated carbocycles. The average molecular weight is 540 g/mol. The van der Waals surface area contributed by atoms with E-state index < -0.39 is 15.9 Å². The molecule has 1 fully saturated rings. The highest BCUT2D eigenvalue weighted by Crippen LogP contribution is 2.32. The van der Waals surface area contributed by atoms with E-state index in [2.05, 4.69) is 26.2 Å². The molecule has 0 radical (unpaired) electrons. The number of hydrogen-bond donors (Lipinski definition) is 2. The molecule has 0 atom stereocenters. The van der Waals surface area contributed by atoms with Gasteiger partial charge in [0.1, 0.15) is 4.32 Å². The van der Waals surface area contributed by atoms with E-state index in [9.17, 15) is 18.0 Å². The van der Waals surface area contributed by atoms with Crippen molar-refractivity contribution in [2.24, 2.45) is 0 Å². The Balaban J connectivity index is 1.55. The van der Waals surface area contributed by atoms with Gasteiger partial charge in [-0.3, -0.25) is 19.9 Å². The molecule has 2 aromatic rings. The molecule has 3 rings (SSSR count). The Morgan fingerprint density at radius 3 is 2.61 bits per heavy atom. The van der Waals surface area contributed by atoms with Gasteiger partial charge in [0.25, 0.3) is 15.9 Å². The molecule has 2 N–H and O–H groups in total. The number of thioether (sulfide) groups is 1. The third-order valence-corrected chi connectivity index (χ3v) is 7.37. The fraction of sp³-hybridized carbons (Fsp3) is 0.150. The molecule has 1 saturated heterocycles. The zero-order valence-corrected chi connectivity index (χ0v) is 20.3. The molecule has 31 heavy (non-hydrogen) atoms. The number of nitrogens with zero attached hydrogens (tertiary/aromatic N) is 1. The summed E-state index contributed by atoms with van der Waals surface area (Å²) in [6.07, 6.45) is 1.62. The van der Waals surface area contributed by atoms with Gasteiger partial charge in [-0.2, -0.15) is 0 Å². The van der Waals surface area contributed by atoms with Crippen molar-refractivity contribution in [2.45, 2.75) is 18.2 Å². The smallest absolute Gasteiger partial charge is 0.266 e. The van der Waals surface area contributed by atoms with Gasteiger partial charge in [0, 0.05) is 17.4 Å². The van der Waals surface area contributed by atoms with Gasteiger partial charge < -0.3 is 0 Å². The number of benzene rings is 2. The Bertz CT molecular complexity index is 1160. The monoisotopic (exact) mass is 539 g/mol. The second kappa shape index (κ2) is 10.0. The maximum absolute atomic E-state index is 12.6. The summed E-state index contributed by atoms with van der Waals surface area (Å²) in [7, 11) is -3.88. The third kappa shape index (κ3) is 6.23. The minimum Gasteiger partial charge on any atom is -0.292 e. The number of carbonyl (C=O) groups is 2. The van der Waals surface area contributed by atoms with Crippen molar-refractivity contribution in [1.29, 1.82) is 0 Å². The third-order valence-electron chi connectivity index (χ3n) is 4.24. The topological polar surface area (TPSA) is 95.6 Å². The molecule has 7 nitrogen and oxygen atoms in total. The zero-order valence-electron chi connectivity index (χ0n) is 16.3. The minimum absolute atomic E-state index is 0.0352. The first-order chi connectivity index (χ1) is 14.7. The van der Waals surface area contributed by atoms with Crippen LogP contribution in [0, 0.1) is 6.92 Å². The predicted octanol–water partition coefficient (Wildman–Crippen LogP) is 3.36.